The summed E-state index contributed by atoms with van der Waals surface area (Å²) in [4.78, 5) is 13.3. The fraction of sp³-hybridized carbons (Fsp3) is 0.346. The molecule has 0 fully saturated rings. The van der Waals surface area contributed by atoms with Crippen LogP contribution in [0, 0.1) is 5.82 Å². The fourth-order valence-electron chi connectivity index (χ4n) is 3.69. The van der Waals surface area contributed by atoms with Crippen LogP contribution in [0.4, 0.5) is 10.1 Å². The Bertz CT molecular complexity index is 1070. The van der Waals surface area contributed by atoms with Crippen LogP contribution in [0.5, 0.6) is 5.75 Å². The van der Waals surface area contributed by atoms with Crippen molar-refractivity contribution in [2.75, 3.05) is 39.7 Å². The summed E-state index contributed by atoms with van der Waals surface area (Å²) in [6, 6.07) is 12.8. The summed E-state index contributed by atoms with van der Waals surface area (Å²) < 4.78 is 31.1. The Morgan fingerprint density at radius 1 is 1.06 bits per heavy atom. The highest BCUT2D eigenvalue weighted by atomic mass is 19.1. The highest BCUT2D eigenvalue weighted by Gasteiger charge is 2.14. The third-order valence-corrected chi connectivity index (χ3v) is 5.46. The number of carbonyl (C=O) groups is 1. The van der Waals surface area contributed by atoms with Crippen molar-refractivity contribution in [1.82, 2.24) is 10.2 Å². The van der Waals surface area contributed by atoms with Crippen molar-refractivity contribution >= 4 is 11.6 Å². The van der Waals surface area contributed by atoms with Crippen LogP contribution in [-0.4, -0.2) is 51.3 Å². The van der Waals surface area contributed by atoms with E-state index in [4.69, 9.17) is 13.9 Å². The predicted molar refractivity (Wildman–Crippen MR) is 130 cm³/mol. The summed E-state index contributed by atoms with van der Waals surface area (Å²) >= 11 is 0. The Labute approximate surface area is 199 Å². The molecule has 1 aromatic heterocycles. The van der Waals surface area contributed by atoms with E-state index in [1.54, 1.807) is 32.8 Å². The molecule has 0 spiro atoms. The lowest BCUT2D eigenvalue weighted by Gasteiger charge is -2.18. The van der Waals surface area contributed by atoms with Crippen molar-refractivity contribution in [2.24, 2.45) is 0 Å². The molecule has 0 aliphatic heterocycles. The first kappa shape index (κ1) is 25.3. The Hall–Kier alpha value is -3.36. The minimum Gasteiger partial charge on any atom is -0.496 e. The molecule has 0 radical (unpaired) electrons. The third-order valence-electron chi connectivity index (χ3n) is 5.46. The maximum atomic E-state index is 15.0. The summed E-state index contributed by atoms with van der Waals surface area (Å²) in [6.45, 7) is 3.74. The van der Waals surface area contributed by atoms with Crippen LogP contribution >= 0.6 is 0 Å². The molecule has 3 rings (SSSR count). The average molecular weight is 470 g/mol. The van der Waals surface area contributed by atoms with Gasteiger partial charge in [0.05, 0.1) is 25.7 Å². The van der Waals surface area contributed by atoms with Gasteiger partial charge in [-0.15, -0.1) is 0 Å². The van der Waals surface area contributed by atoms with Crippen LogP contribution < -0.4 is 15.4 Å². The van der Waals surface area contributed by atoms with Crippen LogP contribution in [0.3, 0.4) is 0 Å². The average Bonchev–Trinajstić information content (AvgIpc) is 3.32. The maximum absolute atomic E-state index is 15.0. The molecule has 3 aromatic rings. The minimum atomic E-state index is -0.357. The van der Waals surface area contributed by atoms with Crippen molar-refractivity contribution in [1.29, 1.82) is 0 Å². The monoisotopic (exact) mass is 469 g/mol. The van der Waals surface area contributed by atoms with Crippen LogP contribution in [0.15, 0.2) is 59.4 Å². The summed E-state index contributed by atoms with van der Waals surface area (Å²) in [7, 11) is 5.19. The van der Waals surface area contributed by atoms with E-state index in [1.165, 1.54) is 13.0 Å². The lowest BCUT2D eigenvalue weighted by atomic mass is 10.0. The van der Waals surface area contributed by atoms with Gasteiger partial charge in [-0.05, 0) is 42.9 Å². The fourth-order valence-corrected chi connectivity index (χ4v) is 3.69. The topological polar surface area (TPSA) is 76.0 Å². The molecule has 0 aliphatic carbocycles. The number of nitrogens with zero attached hydrogens (tertiary/aromatic N) is 1. The summed E-state index contributed by atoms with van der Waals surface area (Å²) in [6.07, 6.45) is 3.17. The number of hydrogen-bond acceptors (Lipinski definition) is 6. The largest absolute Gasteiger partial charge is 0.496 e. The number of ether oxygens (including phenoxy) is 2. The second-order valence-electron chi connectivity index (χ2n) is 8.21. The molecule has 1 heterocycles. The van der Waals surface area contributed by atoms with E-state index in [9.17, 15) is 4.79 Å². The molecular formula is C26H32FN3O4. The molecular weight excluding hydrogens is 437 g/mol. The van der Waals surface area contributed by atoms with E-state index in [-0.39, 0.29) is 17.8 Å². The van der Waals surface area contributed by atoms with Crippen LogP contribution in [0.25, 0.3) is 11.1 Å². The van der Waals surface area contributed by atoms with Gasteiger partial charge in [-0.3, -0.25) is 9.69 Å². The number of amides is 1. The van der Waals surface area contributed by atoms with Crippen molar-refractivity contribution in [2.45, 2.75) is 26.1 Å². The second-order valence-corrected chi connectivity index (χ2v) is 8.21. The minimum absolute atomic E-state index is 0.123. The van der Waals surface area contributed by atoms with Gasteiger partial charge in [-0.25, -0.2) is 4.39 Å². The van der Waals surface area contributed by atoms with E-state index in [1.807, 2.05) is 37.4 Å². The molecule has 2 aromatic carbocycles. The Kier molecular flexibility index (Phi) is 9.07. The summed E-state index contributed by atoms with van der Waals surface area (Å²) in [5.41, 5.74) is 3.95. The van der Waals surface area contributed by atoms with E-state index in [0.717, 1.165) is 17.7 Å². The lowest BCUT2D eigenvalue weighted by molar-refractivity contribution is -0.119. The number of rotatable bonds is 12. The van der Waals surface area contributed by atoms with Crippen molar-refractivity contribution in [3.8, 4) is 16.9 Å². The first-order chi connectivity index (χ1) is 16.4. The number of benzene rings is 2. The Morgan fingerprint density at radius 2 is 1.82 bits per heavy atom. The van der Waals surface area contributed by atoms with Gasteiger partial charge in [0.25, 0.3) is 0 Å². The van der Waals surface area contributed by atoms with E-state index in [2.05, 4.69) is 15.5 Å². The molecule has 0 unspecified atom stereocenters. The zero-order chi connectivity index (χ0) is 24.5. The first-order valence-corrected chi connectivity index (χ1v) is 11.1. The standard InChI is InChI=1S/C26H32FN3O4/c1-18(31)28-13-22(32-3)14-29-21-6-8-23(25(27)12-21)24-7-5-19(11-26(24)33-4)15-30(2)16-20-9-10-34-17-20/h5-12,17,22,29H,13-16H2,1-4H3,(H,28,31)/t22-/m0/s1. The van der Waals surface area contributed by atoms with E-state index < -0.39 is 0 Å². The van der Waals surface area contributed by atoms with Gasteiger partial charge in [0.15, 0.2) is 0 Å². The maximum Gasteiger partial charge on any atom is 0.216 e. The third kappa shape index (κ3) is 7.07. The molecule has 0 saturated heterocycles. The van der Waals surface area contributed by atoms with Crippen molar-refractivity contribution in [3.63, 3.8) is 0 Å². The molecule has 8 heteroatoms. The second kappa shape index (κ2) is 12.2. The van der Waals surface area contributed by atoms with Gasteiger partial charge in [-0.2, -0.15) is 0 Å². The molecule has 34 heavy (non-hydrogen) atoms. The zero-order valence-electron chi connectivity index (χ0n) is 20.1. The number of furan rings is 1. The van der Waals surface area contributed by atoms with Gasteiger partial charge in [0.1, 0.15) is 11.6 Å². The van der Waals surface area contributed by atoms with E-state index in [0.29, 0.717) is 42.2 Å². The highest BCUT2D eigenvalue weighted by molar-refractivity contribution is 5.73. The quantitative estimate of drug-likeness (QED) is 0.412. The first-order valence-electron chi connectivity index (χ1n) is 11.1. The Balaban J connectivity index is 1.68. The van der Waals surface area contributed by atoms with Crippen molar-refractivity contribution < 1.29 is 23.1 Å². The van der Waals surface area contributed by atoms with Crippen molar-refractivity contribution in [3.05, 3.63) is 71.9 Å². The van der Waals surface area contributed by atoms with Gasteiger partial charge in [0.2, 0.25) is 5.91 Å². The smallest absolute Gasteiger partial charge is 0.216 e. The normalized spacial score (nSPS) is 11.9. The highest BCUT2D eigenvalue weighted by Crippen LogP contribution is 2.34. The van der Waals surface area contributed by atoms with Gasteiger partial charge in [0, 0.05) is 62.6 Å². The number of methoxy groups -OCH3 is 2. The molecule has 182 valence electrons. The Morgan fingerprint density at radius 3 is 2.47 bits per heavy atom. The molecule has 0 aliphatic rings. The lowest BCUT2D eigenvalue weighted by Crippen LogP contribution is -2.36. The predicted octanol–water partition coefficient (Wildman–Crippen LogP) is 4.29. The molecule has 2 N–H and O–H groups in total. The number of nitrogens with one attached hydrogen (secondary N) is 2. The molecule has 7 nitrogen and oxygen atoms in total. The number of carbonyl (C=O) groups excluding carboxylic acids is 1. The molecule has 0 bridgehead atoms. The summed E-state index contributed by atoms with van der Waals surface area (Å²) in [5, 5.41) is 5.87. The summed E-state index contributed by atoms with van der Waals surface area (Å²) in [5.74, 6) is 0.134. The SMILES string of the molecule is COc1cc(CN(C)Cc2ccoc2)ccc1-c1ccc(NC[C@H](CNC(C)=O)OC)cc1F. The molecule has 1 amide bonds. The van der Waals surface area contributed by atoms with E-state index >= 15 is 4.39 Å². The molecule has 0 saturated carbocycles. The van der Waals surface area contributed by atoms with Gasteiger partial charge >= 0.3 is 0 Å². The van der Waals surface area contributed by atoms with Gasteiger partial charge < -0.3 is 24.5 Å². The van der Waals surface area contributed by atoms with Crippen LogP contribution in [0.2, 0.25) is 0 Å². The van der Waals surface area contributed by atoms with Gasteiger partial charge in [-0.1, -0.05) is 12.1 Å². The number of hydrogen-bond donors (Lipinski definition) is 2. The number of anilines is 1. The zero-order valence-corrected chi connectivity index (χ0v) is 20.1. The molecule has 1 atom stereocenters. The van der Waals surface area contributed by atoms with Crippen LogP contribution in [0.1, 0.15) is 18.1 Å². The van der Waals surface area contributed by atoms with Crippen LogP contribution in [-0.2, 0) is 22.6 Å². The number of halogens is 1.